The molecule has 108 valence electrons. The molecule has 4 aliphatic rings. The summed E-state index contributed by atoms with van der Waals surface area (Å²) in [6.07, 6.45) is 6.28. The lowest BCUT2D eigenvalue weighted by Crippen LogP contribution is -2.56. The Morgan fingerprint density at radius 2 is 2.21 bits per heavy atom. The van der Waals surface area contributed by atoms with Crippen LogP contribution in [0.3, 0.4) is 0 Å². The minimum absolute atomic E-state index is 0.0189. The molecule has 0 amide bonds. The van der Waals surface area contributed by atoms with E-state index in [0.29, 0.717) is 29.6 Å². The van der Waals surface area contributed by atoms with Crippen molar-refractivity contribution >= 4 is 5.78 Å². The first-order valence-electron chi connectivity index (χ1n) is 7.85. The van der Waals surface area contributed by atoms with Crippen LogP contribution in [0.15, 0.2) is 0 Å². The van der Waals surface area contributed by atoms with Gasteiger partial charge in [0.05, 0.1) is 6.61 Å². The summed E-state index contributed by atoms with van der Waals surface area (Å²) in [4.78, 5) is 12.1. The van der Waals surface area contributed by atoms with Crippen LogP contribution in [0, 0.1) is 23.2 Å². The summed E-state index contributed by atoms with van der Waals surface area (Å²) in [7, 11) is 0. The maximum atomic E-state index is 12.1. The fraction of sp³-hybridized carbons (Fsp3) is 0.938. The summed E-state index contributed by atoms with van der Waals surface area (Å²) >= 11 is 0. The molecule has 0 N–H and O–H groups in total. The second-order valence-electron chi connectivity index (χ2n) is 7.09. The lowest BCUT2D eigenvalue weighted by Gasteiger charge is -2.59. The normalized spacial score (nSPS) is 40.8. The Kier molecular flexibility index (Phi) is 3.69. The Bertz CT molecular complexity index is 344. The summed E-state index contributed by atoms with van der Waals surface area (Å²) < 4.78 is 11.4. The molecular formula is C16H26O3. The van der Waals surface area contributed by atoms with Crippen molar-refractivity contribution in [2.75, 3.05) is 13.2 Å². The van der Waals surface area contributed by atoms with Crippen LogP contribution in [0.4, 0.5) is 0 Å². The van der Waals surface area contributed by atoms with Gasteiger partial charge in [-0.15, -0.1) is 0 Å². The van der Waals surface area contributed by atoms with Gasteiger partial charge in [-0.25, -0.2) is 0 Å². The zero-order valence-electron chi connectivity index (χ0n) is 12.2. The molecule has 3 nitrogen and oxygen atoms in total. The molecule has 4 fully saturated rings. The highest BCUT2D eigenvalue weighted by Crippen LogP contribution is 2.60. The molecule has 0 aromatic heterocycles. The molecule has 3 aliphatic carbocycles. The fourth-order valence-corrected chi connectivity index (χ4v) is 4.24. The molecule has 0 radical (unpaired) electrons. The number of hydrogen-bond acceptors (Lipinski definition) is 3. The Morgan fingerprint density at radius 3 is 2.89 bits per heavy atom. The van der Waals surface area contributed by atoms with Crippen molar-refractivity contribution in [3.05, 3.63) is 0 Å². The highest BCUT2D eigenvalue weighted by atomic mass is 16.7. The Labute approximate surface area is 116 Å². The van der Waals surface area contributed by atoms with Crippen molar-refractivity contribution in [2.45, 2.75) is 58.7 Å². The minimum atomic E-state index is -0.0189. The van der Waals surface area contributed by atoms with Gasteiger partial charge in [0, 0.05) is 18.9 Å². The minimum Gasteiger partial charge on any atom is -0.353 e. The average molecular weight is 266 g/mol. The van der Waals surface area contributed by atoms with E-state index in [1.54, 1.807) is 0 Å². The second kappa shape index (κ2) is 5.17. The monoisotopic (exact) mass is 266 g/mol. The van der Waals surface area contributed by atoms with Gasteiger partial charge in [-0.1, -0.05) is 13.8 Å². The number of ketones is 1. The van der Waals surface area contributed by atoms with Crippen molar-refractivity contribution in [3.8, 4) is 0 Å². The first-order chi connectivity index (χ1) is 9.09. The molecule has 19 heavy (non-hydrogen) atoms. The van der Waals surface area contributed by atoms with E-state index in [1.165, 1.54) is 12.8 Å². The maximum Gasteiger partial charge on any atom is 0.157 e. The van der Waals surface area contributed by atoms with Gasteiger partial charge in [0.15, 0.2) is 6.29 Å². The van der Waals surface area contributed by atoms with Crippen LogP contribution in [0.5, 0.6) is 0 Å². The van der Waals surface area contributed by atoms with Crippen LogP contribution in [0.1, 0.15) is 52.4 Å². The van der Waals surface area contributed by atoms with Crippen molar-refractivity contribution in [1.29, 1.82) is 0 Å². The standard InChI is InChI=1S/C16H26O3/c1-16(2)11-9-13(16)12(14(17)10-11)6-8-19-15-5-3-4-7-18-15/h11-13,15H,3-10H2,1-2H3/t11-,12-,13+,15?/m1/s1. The maximum absolute atomic E-state index is 12.1. The molecule has 0 spiro atoms. The average Bonchev–Trinajstić information content (AvgIpc) is 2.41. The van der Waals surface area contributed by atoms with Gasteiger partial charge in [0.1, 0.15) is 5.78 Å². The van der Waals surface area contributed by atoms with Crippen LogP contribution >= 0.6 is 0 Å². The summed E-state index contributed by atoms with van der Waals surface area (Å²) in [5.41, 5.74) is 0.375. The molecule has 3 heteroatoms. The van der Waals surface area contributed by atoms with Gasteiger partial charge < -0.3 is 9.47 Å². The Morgan fingerprint density at radius 1 is 1.37 bits per heavy atom. The van der Waals surface area contributed by atoms with E-state index in [-0.39, 0.29) is 12.2 Å². The third-order valence-corrected chi connectivity index (χ3v) is 5.76. The molecule has 1 unspecified atom stereocenters. The zero-order chi connectivity index (χ0) is 13.5. The third-order valence-electron chi connectivity index (χ3n) is 5.76. The first-order valence-corrected chi connectivity index (χ1v) is 7.85. The van der Waals surface area contributed by atoms with Crippen molar-refractivity contribution in [2.24, 2.45) is 23.2 Å². The summed E-state index contributed by atoms with van der Waals surface area (Å²) in [5, 5.41) is 0. The van der Waals surface area contributed by atoms with E-state index in [4.69, 9.17) is 9.47 Å². The van der Waals surface area contributed by atoms with Crippen LogP contribution in [-0.2, 0) is 14.3 Å². The van der Waals surface area contributed by atoms with Crippen molar-refractivity contribution in [1.82, 2.24) is 0 Å². The van der Waals surface area contributed by atoms with Gasteiger partial charge >= 0.3 is 0 Å². The predicted octanol–water partition coefficient (Wildman–Crippen LogP) is 3.17. The quantitative estimate of drug-likeness (QED) is 0.784. The van der Waals surface area contributed by atoms with Gasteiger partial charge in [0.25, 0.3) is 0 Å². The van der Waals surface area contributed by atoms with Gasteiger partial charge in [-0.05, 0) is 49.4 Å². The molecule has 1 saturated heterocycles. The number of ether oxygens (including phenoxy) is 2. The second-order valence-corrected chi connectivity index (χ2v) is 7.09. The lowest BCUT2D eigenvalue weighted by molar-refractivity contribution is -0.175. The van der Waals surface area contributed by atoms with E-state index in [2.05, 4.69) is 13.8 Å². The number of Topliss-reactive ketones (excluding diaryl/α,β-unsaturated/α-hetero) is 1. The van der Waals surface area contributed by atoms with Gasteiger partial charge in [-0.3, -0.25) is 4.79 Å². The molecule has 4 atom stereocenters. The van der Waals surface area contributed by atoms with E-state index in [1.807, 2.05) is 0 Å². The molecule has 4 rings (SSSR count). The summed E-state index contributed by atoms with van der Waals surface area (Å²) in [5.74, 6) is 1.95. The Balaban J connectivity index is 1.47. The smallest absolute Gasteiger partial charge is 0.157 e. The van der Waals surface area contributed by atoms with Crippen LogP contribution in [0.25, 0.3) is 0 Å². The first kappa shape index (κ1) is 13.6. The van der Waals surface area contributed by atoms with E-state index < -0.39 is 0 Å². The Hall–Kier alpha value is -0.410. The van der Waals surface area contributed by atoms with Gasteiger partial charge in [0.2, 0.25) is 0 Å². The molecule has 0 aromatic carbocycles. The molecule has 1 heterocycles. The molecule has 0 aromatic rings. The molecular weight excluding hydrogens is 240 g/mol. The SMILES string of the molecule is CC1(C)[C@H]2CC(=O)[C@H](CCOC3CCCCO3)[C@@H]1C2. The molecule has 3 saturated carbocycles. The number of carbonyl (C=O) groups is 1. The molecule has 1 aliphatic heterocycles. The highest BCUT2D eigenvalue weighted by Gasteiger charge is 2.57. The van der Waals surface area contributed by atoms with Crippen molar-refractivity contribution < 1.29 is 14.3 Å². The largest absolute Gasteiger partial charge is 0.353 e. The number of fused-ring (bicyclic) bond motifs is 2. The fourth-order valence-electron chi connectivity index (χ4n) is 4.24. The number of rotatable bonds is 4. The number of hydrogen-bond donors (Lipinski definition) is 0. The third kappa shape index (κ3) is 2.47. The van der Waals surface area contributed by atoms with Crippen LogP contribution < -0.4 is 0 Å². The predicted molar refractivity (Wildman–Crippen MR) is 72.7 cm³/mol. The van der Waals surface area contributed by atoms with E-state index in [0.717, 1.165) is 32.3 Å². The van der Waals surface area contributed by atoms with E-state index >= 15 is 0 Å². The highest BCUT2D eigenvalue weighted by molar-refractivity contribution is 5.83. The van der Waals surface area contributed by atoms with Gasteiger partial charge in [-0.2, -0.15) is 0 Å². The number of carbonyl (C=O) groups excluding carboxylic acids is 1. The summed E-state index contributed by atoms with van der Waals surface area (Å²) in [6, 6.07) is 0. The topological polar surface area (TPSA) is 35.5 Å². The lowest BCUT2D eigenvalue weighted by atomic mass is 9.45. The van der Waals surface area contributed by atoms with E-state index in [9.17, 15) is 4.79 Å². The van der Waals surface area contributed by atoms with Crippen LogP contribution in [-0.4, -0.2) is 25.3 Å². The zero-order valence-corrected chi connectivity index (χ0v) is 12.2. The molecule has 2 bridgehead atoms. The van der Waals surface area contributed by atoms with Crippen LogP contribution in [0.2, 0.25) is 0 Å². The van der Waals surface area contributed by atoms with Crippen molar-refractivity contribution in [3.63, 3.8) is 0 Å². The summed E-state index contributed by atoms with van der Waals surface area (Å²) in [6.45, 7) is 6.16.